The van der Waals surface area contributed by atoms with Gasteiger partial charge in [-0.2, -0.15) is 4.98 Å². The second kappa shape index (κ2) is 9.05. The zero-order valence-electron chi connectivity index (χ0n) is 13.0. The summed E-state index contributed by atoms with van der Waals surface area (Å²) < 4.78 is 5.26. The molecule has 8 heteroatoms. The van der Waals surface area contributed by atoms with Gasteiger partial charge in [-0.15, -0.1) is 24.8 Å². The number of nitrogens with zero attached hydrogens (tertiary/aromatic N) is 4. The van der Waals surface area contributed by atoms with E-state index in [1.807, 2.05) is 32.0 Å². The first-order valence-electron chi connectivity index (χ1n) is 6.73. The lowest BCUT2D eigenvalue weighted by Gasteiger charge is -2.17. The molecule has 0 aliphatic carbocycles. The molecule has 0 amide bonds. The van der Waals surface area contributed by atoms with Crippen molar-refractivity contribution in [2.75, 3.05) is 6.54 Å². The first kappa shape index (κ1) is 20.8. The van der Waals surface area contributed by atoms with Gasteiger partial charge in [0.15, 0.2) is 5.82 Å². The smallest absolute Gasteiger partial charge is 0.240 e. The summed E-state index contributed by atoms with van der Waals surface area (Å²) in [5, 5.41) is 3.93. The Hall–Kier alpha value is -1.21. The highest BCUT2D eigenvalue weighted by Gasteiger charge is 2.22. The number of aromatic nitrogens is 3. The van der Waals surface area contributed by atoms with Crippen LogP contribution in [-0.2, 0) is 18.6 Å². The fourth-order valence-corrected chi connectivity index (χ4v) is 1.77. The van der Waals surface area contributed by atoms with Gasteiger partial charge in [-0.05, 0) is 32.5 Å². The predicted molar refractivity (Wildman–Crippen MR) is 90.0 cm³/mol. The van der Waals surface area contributed by atoms with Crippen LogP contribution in [0.1, 0.15) is 38.2 Å². The van der Waals surface area contributed by atoms with Gasteiger partial charge in [0.05, 0.1) is 17.8 Å². The van der Waals surface area contributed by atoms with E-state index in [1.165, 1.54) is 0 Å². The van der Waals surface area contributed by atoms with Crippen LogP contribution in [0.2, 0.25) is 0 Å². The molecule has 2 rings (SSSR count). The van der Waals surface area contributed by atoms with E-state index in [1.54, 1.807) is 6.20 Å². The molecule has 0 saturated heterocycles. The van der Waals surface area contributed by atoms with Gasteiger partial charge in [0.2, 0.25) is 5.89 Å². The van der Waals surface area contributed by atoms with Gasteiger partial charge in [-0.1, -0.05) is 18.1 Å². The molecule has 22 heavy (non-hydrogen) atoms. The molecule has 0 unspecified atom stereocenters. The molecule has 0 aromatic carbocycles. The van der Waals surface area contributed by atoms with Crippen molar-refractivity contribution < 1.29 is 4.52 Å². The first-order valence-corrected chi connectivity index (χ1v) is 6.73. The van der Waals surface area contributed by atoms with E-state index < -0.39 is 5.54 Å². The van der Waals surface area contributed by atoms with Crippen molar-refractivity contribution in [3.8, 4) is 0 Å². The van der Waals surface area contributed by atoms with Crippen molar-refractivity contribution in [2.24, 2.45) is 5.73 Å². The third-order valence-electron chi connectivity index (χ3n) is 2.96. The lowest BCUT2D eigenvalue weighted by Crippen LogP contribution is -2.30. The van der Waals surface area contributed by atoms with Crippen LogP contribution in [-0.4, -0.2) is 26.6 Å². The van der Waals surface area contributed by atoms with Gasteiger partial charge in [-0.3, -0.25) is 9.88 Å². The second-order valence-corrected chi connectivity index (χ2v) is 5.36. The Bertz CT molecular complexity index is 542. The predicted octanol–water partition coefficient (Wildman–Crippen LogP) is 2.52. The van der Waals surface area contributed by atoms with Crippen molar-refractivity contribution >= 4 is 24.8 Å². The Morgan fingerprint density at radius 1 is 1.23 bits per heavy atom. The van der Waals surface area contributed by atoms with Gasteiger partial charge >= 0.3 is 0 Å². The standard InChI is InChI=1S/C14H21N5O.2ClH/c1-4-19(9-11-7-5-6-8-16-11)10-12-17-13(18-20-12)14(2,3)15;;/h5-8H,4,9-10,15H2,1-3H3;2*1H. The van der Waals surface area contributed by atoms with Crippen LogP contribution in [0.25, 0.3) is 0 Å². The van der Waals surface area contributed by atoms with Crippen molar-refractivity contribution in [1.29, 1.82) is 0 Å². The Balaban J connectivity index is 0.00000220. The lowest BCUT2D eigenvalue weighted by atomic mass is 10.1. The monoisotopic (exact) mass is 347 g/mol. The molecule has 2 aromatic heterocycles. The molecule has 0 bridgehead atoms. The summed E-state index contributed by atoms with van der Waals surface area (Å²) in [6.45, 7) is 8.02. The Kier molecular flexibility index (Phi) is 8.55. The summed E-state index contributed by atoms with van der Waals surface area (Å²) in [5.74, 6) is 1.11. The molecule has 0 atom stereocenters. The molecule has 6 nitrogen and oxygen atoms in total. The normalized spacial score (nSPS) is 11.0. The summed E-state index contributed by atoms with van der Waals surface area (Å²) in [6.07, 6.45) is 1.80. The molecule has 0 spiro atoms. The summed E-state index contributed by atoms with van der Waals surface area (Å²) in [6, 6.07) is 5.90. The number of hydrogen-bond acceptors (Lipinski definition) is 6. The highest BCUT2D eigenvalue weighted by Crippen LogP contribution is 2.14. The van der Waals surface area contributed by atoms with Crippen LogP contribution in [0.3, 0.4) is 0 Å². The van der Waals surface area contributed by atoms with E-state index in [4.69, 9.17) is 10.3 Å². The molecule has 124 valence electrons. The highest BCUT2D eigenvalue weighted by atomic mass is 35.5. The topological polar surface area (TPSA) is 81.1 Å². The maximum absolute atomic E-state index is 5.95. The van der Waals surface area contributed by atoms with Crippen LogP contribution in [0, 0.1) is 0 Å². The molecular formula is C14H23Cl2N5O. The minimum atomic E-state index is -0.584. The third-order valence-corrected chi connectivity index (χ3v) is 2.96. The zero-order valence-corrected chi connectivity index (χ0v) is 14.7. The van der Waals surface area contributed by atoms with Gasteiger partial charge < -0.3 is 10.3 Å². The molecule has 0 aliphatic heterocycles. The number of hydrogen-bond donors (Lipinski definition) is 1. The molecule has 2 aromatic rings. The summed E-state index contributed by atoms with van der Waals surface area (Å²) in [7, 11) is 0. The van der Waals surface area contributed by atoms with E-state index in [0.717, 1.165) is 18.8 Å². The van der Waals surface area contributed by atoms with Crippen LogP contribution in [0.15, 0.2) is 28.9 Å². The molecular weight excluding hydrogens is 325 g/mol. The average Bonchev–Trinajstić information content (AvgIpc) is 2.87. The van der Waals surface area contributed by atoms with E-state index in [9.17, 15) is 0 Å². The Morgan fingerprint density at radius 2 is 1.95 bits per heavy atom. The van der Waals surface area contributed by atoms with Crippen molar-refractivity contribution in [3.63, 3.8) is 0 Å². The van der Waals surface area contributed by atoms with Gasteiger partial charge in [0.1, 0.15) is 0 Å². The number of nitrogens with two attached hydrogens (primary N) is 1. The number of rotatable bonds is 6. The molecule has 0 saturated carbocycles. The van der Waals surface area contributed by atoms with Crippen molar-refractivity contribution in [2.45, 2.75) is 39.4 Å². The van der Waals surface area contributed by atoms with Crippen LogP contribution >= 0.6 is 24.8 Å². The molecule has 0 aliphatic rings. The van der Waals surface area contributed by atoms with Gasteiger partial charge in [-0.25, -0.2) is 0 Å². The zero-order chi connectivity index (χ0) is 14.6. The molecule has 0 fully saturated rings. The van der Waals surface area contributed by atoms with Gasteiger partial charge in [0, 0.05) is 12.7 Å². The third kappa shape index (κ3) is 5.88. The fraction of sp³-hybridized carbons (Fsp3) is 0.500. The summed E-state index contributed by atoms with van der Waals surface area (Å²) >= 11 is 0. The average molecular weight is 348 g/mol. The minimum Gasteiger partial charge on any atom is -0.338 e. The van der Waals surface area contributed by atoms with Crippen LogP contribution < -0.4 is 5.73 Å². The van der Waals surface area contributed by atoms with E-state index in [2.05, 4.69) is 26.9 Å². The molecule has 2 heterocycles. The number of halogens is 2. The number of pyridine rings is 1. The van der Waals surface area contributed by atoms with Crippen molar-refractivity contribution in [1.82, 2.24) is 20.0 Å². The van der Waals surface area contributed by atoms with E-state index in [0.29, 0.717) is 18.3 Å². The fourth-order valence-electron chi connectivity index (χ4n) is 1.77. The second-order valence-electron chi connectivity index (χ2n) is 5.36. The maximum atomic E-state index is 5.95. The first-order chi connectivity index (χ1) is 9.49. The van der Waals surface area contributed by atoms with Crippen molar-refractivity contribution in [3.05, 3.63) is 41.8 Å². The largest absolute Gasteiger partial charge is 0.338 e. The van der Waals surface area contributed by atoms with E-state index in [-0.39, 0.29) is 24.8 Å². The Morgan fingerprint density at radius 3 is 2.45 bits per heavy atom. The van der Waals surface area contributed by atoms with Crippen LogP contribution in [0.5, 0.6) is 0 Å². The Labute approximate surface area is 143 Å². The summed E-state index contributed by atoms with van der Waals surface area (Å²) in [4.78, 5) is 10.9. The molecule has 2 N–H and O–H groups in total. The minimum absolute atomic E-state index is 0. The summed E-state index contributed by atoms with van der Waals surface area (Å²) in [5.41, 5.74) is 6.39. The van der Waals surface area contributed by atoms with E-state index >= 15 is 0 Å². The maximum Gasteiger partial charge on any atom is 0.240 e. The van der Waals surface area contributed by atoms with Crippen LogP contribution in [0.4, 0.5) is 0 Å². The lowest BCUT2D eigenvalue weighted by molar-refractivity contribution is 0.226. The highest BCUT2D eigenvalue weighted by molar-refractivity contribution is 5.85. The quantitative estimate of drug-likeness (QED) is 0.864. The SMILES string of the molecule is CCN(Cc1ccccn1)Cc1nc(C(C)(C)N)no1.Cl.Cl. The molecule has 0 radical (unpaired) electrons. The van der Waals surface area contributed by atoms with Gasteiger partial charge in [0.25, 0.3) is 0 Å².